The van der Waals surface area contributed by atoms with Gasteiger partial charge in [-0.2, -0.15) is 0 Å². The molecule has 2 aromatic heterocycles. The first-order valence-corrected chi connectivity index (χ1v) is 24.7. The smallest absolute Gasteiger partial charge is 0.252 e. The summed E-state index contributed by atoms with van der Waals surface area (Å²) in [5, 5.41) is 5.29. The van der Waals surface area contributed by atoms with Gasteiger partial charge in [-0.3, -0.25) is 0 Å². The zero-order chi connectivity index (χ0) is 45.6. The summed E-state index contributed by atoms with van der Waals surface area (Å²) >= 11 is 0. The predicted molar refractivity (Wildman–Crippen MR) is 284 cm³/mol. The Morgan fingerprint density at radius 2 is 1.06 bits per heavy atom. The molecule has 2 aliphatic carbocycles. The Hall–Kier alpha value is -6.00. The third-order valence-electron chi connectivity index (χ3n) is 17.4. The molecule has 0 amide bonds. The van der Waals surface area contributed by atoms with Crippen molar-refractivity contribution in [1.82, 2.24) is 4.40 Å². The monoisotopic (exact) mass is 860 g/mol. The fourth-order valence-corrected chi connectivity index (χ4v) is 13.3. The van der Waals surface area contributed by atoms with Crippen LogP contribution in [0.15, 0.2) is 127 Å². The van der Waals surface area contributed by atoms with Crippen LogP contribution in [0.25, 0.3) is 38.1 Å². The second-order valence-electron chi connectivity index (χ2n) is 24.3. The topological polar surface area (TPSA) is 10.9 Å². The first-order valence-electron chi connectivity index (χ1n) is 24.7. The number of rotatable bonds is 2. The van der Waals surface area contributed by atoms with E-state index in [4.69, 9.17) is 0 Å². The Morgan fingerprint density at radius 1 is 0.455 bits per heavy atom. The molecular weight excluding hydrogens is 798 g/mol. The number of benzene rings is 7. The van der Waals surface area contributed by atoms with Crippen LogP contribution in [0.4, 0.5) is 34.1 Å². The molecule has 0 unspecified atom stereocenters. The third-order valence-corrected chi connectivity index (χ3v) is 17.4. The average molecular weight is 860 g/mol. The Balaban J connectivity index is 1.26. The number of hydrogen-bond donors (Lipinski definition) is 0. The number of hydrogen-bond acceptors (Lipinski definition) is 2. The minimum Gasteiger partial charge on any atom is -0.311 e. The van der Waals surface area contributed by atoms with Crippen LogP contribution < -0.4 is 26.2 Å². The minimum atomic E-state index is -0.0248. The standard InChI is InChI=1S/C62H62BN3/c1-58(2,3)37-24-27-50-47(32-37)63-48-34-45-46(62(10,11)31-30-61(45,8)9)35-51(48)65(39-25-26-43-44(33-39)60(6,7)29-28-59(43,4)5)57-54-42-22-17-21-41-40-20-15-16-23-49(40)66(56(41)42)52(54)36-53(55(57)63)64(50)38-18-13-12-14-19-38/h12-27,32-36H,28-31H2,1-11H3. The number of fused-ring (bicyclic) bond motifs is 13. The van der Waals surface area contributed by atoms with Crippen molar-refractivity contribution < 1.29 is 0 Å². The second kappa shape index (κ2) is 12.9. The van der Waals surface area contributed by atoms with E-state index in [0.29, 0.717) is 0 Å². The lowest BCUT2D eigenvalue weighted by Gasteiger charge is -2.48. The Kier molecular flexibility index (Phi) is 7.88. The summed E-state index contributed by atoms with van der Waals surface area (Å²) < 4.78 is 2.60. The molecule has 66 heavy (non-hydrogen) atoms. The lowest BCUT2D eigenvalue weighted by molar-refractivity contribution is 0.332. The Bertz CT molecular complexity index is 3540. The van der Waals surface area contributed by atoms with Crippen molar-refractivity contribution in [2.45, 2.75) is 129 Å². The highest BCUT2D eigenvalue weighted by Gasteiger charge is 2.48. The van der Waals surface area contributed by atoms with Gasteiger partial charge in [0.25, 0.3) is 6.71 Å². The lowest BCUT2D eigenvalue weighted by atomic mass is 9.32. The molecule has 4 aliphatic rings. The molecule has 0 atom stereocenters. The van der Waals surface area contributed by atoms with Gasteiger partial charge in [0.2, 0.25) is 0 Å². The van der Waals surface area contributed by atoms with Gasteiger partial charge in [0.1, 0.15) is 0 Å². The SMILES string of the molecule is CC(C)(C)c1ccc2c(c1)B1c3cc4c(cc3N(c3ccc5c(c3)C(C)(C)CCC5(C)C)c3c1c(cc1c3c3cccc5c6ccccc6n1c53)N2c1ccccc1)C(C)(C)CCC4(C)C. The van der Waals surface area contributed by atoms with Crippen LogP contribution in [0.1, 0.15) is 130 Å². The first-order chi connectivity index (χ1) is 31.4. The maximum Gasteiger partial charge on any atom is 0.252 e. The van der Waals surface area contributed by atoms with E-state index in [1.165, 1.54) is 142 Å². The summed E-state index contributed by atoms with van der Waals surface area (Å²) in [5.41, 5.74) is 23.3. The van der Waals surface area contributed by atoms with Crippen molar-refractivity contribution in [2.75, 3.05) is 9.80 Å². The van der Waals surface area contributed by atoms with Crippen molar-refractivity contribution in [3.05, 3.63) is 155 Å². The maximum absolute atomic E-state index is 2.77. The molecule has 328 valence electrons. The van der Waals surface area contributed by atoms with Crippen LogP contribution in [-0.2, 0) is 27.1 Å². The predicted octanol–water partition coefficient (Wildman–Crippen LogP) is 14.9. The van der Waals surface area contributed by atoms with Gasteiger partial charge >= 0.3 is 0 Å². The summed E-state index contributed by atoms with van der Waals surface area (Å²) in [6, 6.07) is 50.3. The van der Waals surface area contributed by atoms with E-state index < -0.39 is 0 Å². The highest BCUT2D eigenvalue weighted by atomic mass is 15.2. The molecule has 7 aromatic carbocycles. The fourth-order valence-electron chi connectivity index (χ4n) is 13.3. The van der Waals surface area contributed by atoms with Crippen molar-refractivity contribution >= 4 is 95.3 Å². The van der Waals surface area contributed by atoms with Crippen molar-refractivity contribution in [2.24, 2.45) is 0 Å². The summed E-state index contributed by atoms with van der Waals surface area (Å²) in [6.07, 6.45) is 4.71. The van der Waals surface area contributed by atoms with Crippen LogP contribution >= 0.6 is 0 Å². The number of anilines is 6. The van der Waals surface area contributed by atoms with E-state index >= 15 is 0 Å². The number of para-hydroxylation sites is 3. The van der Waals surface area contributed by atoms with Gasteiger partial charge in [0, 0.05) is 50.0 Å². The van der Waals surface area contributed by atoms with Crippen LogP contribution in [0.3, 0.4) is 0 Å². The van der Waals surface area contributed by atoms with Crippen LogP contribution in [0, 0.1) is 0 Å². The molecule has 3 nitrogen and oxygen atoms in total. The van der Waals surface area contributed by atoms with Crippen molar-refractivity contribution in [3.8, 4) is 0 Å². The van der Waals surface area contributed by atoms with E-state index in [1.54, 1.807) is 0 Å². The van der Waals surface area contributed by atoms with Gasteiger partial charge in [0.15, 0.2) is 0 Å². The Labute approximate surface area is 391 Å². The van der Waals surface area contributed by atoms with E-state index in [0.717, 1.165) is 0 Å². The molecule has 0 spiro atoms. The zero-order valence-corrected chi connectivity index (χ0v) is 40.9. The van der Waals surface area contributed by atoms with Crippen LogP contribution in [-0.4, -0.2) is 11.1 Å². The second-order valence-corrected chi connectivity index (χ2v) is 24.3. The normalized spacial score (nSPS) is 18.7. The van der Waals surface area contributed by atoms with E-state index in [1.807, 2.05) is 0 Å². The van der Waals surface area contributed by atoms with Gasteiger partial charge in [0.05, 0.1) is 22.2 Å². The summed E-state index contributed by atoms with van der Waals surface area (Å²) in [7, 11) is 0. The molecule has 0 fully saturated rings. The van der Waals surface area contributed by atoms with E-state index in [-0.39, 0.29) is 33.8 Å². The number of aromatic nitrogens is 1. The Morgan fingerprint density at radius 3 is 1.77 bits per heavy atom. The summed E-state index contributed by atoms with van der Waals surface area (Å²) in [5.74, 6) is 0. The largest absolute Gasteiger partial charge is 0.311 e. The third kappa shape index (κ3) is 5.28. The highest BCUT2D eigenvalue weighted by Crippen LogP contribution is 2.55. The van der Waals surface area contributed by atoms with E-state index in [9.17, 15) is 0 Å². The van der Waals surface area contributed by atoms with Gasteiger partial charge in [-0.25, -0.2) is 0 Å². The van der Waals surface area contributed by atoms with Crippen molar-refractivity contribution in [1.29, 1.82) is 0 Å². The highest BCUT2D eigenvalue weighted by molar-refractivity contribution is 7.00. The summed E-state index contributed by atoms with van der Waals surface area (Å²) in [6.45, 7) is 27.0. The zero-order valence-electron chi connectivity index (χ0n) is 40.9. The summed E-state index contributed by atoms with van der Waals surface area (Å²) in [4.78, 5) is 5.38. The molecule has 0 radical (unpaired) electrons. The molecule has 4 heteroatoms. The molecule has 0 bridgehead atoms. The molecule has 0 saturated carbocycles. The lowest BCUT2D eigenvalue weighted by Crippen LogP contribution is -2.62. The van der Waals surface area contributed by atoms with Crippen LogP contribution in [0.5, 0.6) is 0 Å². The molecule has 13 rings (SSSR count). The fraction of sp³-hybridized carbons (Fsp3) is 0.323. The van der Waals surface area contributed by atoms with Gasteiger partial charge < -0.3 is 14.2 Å². The van der Waals surface area contributed by atoms with Gasteiger partial charge in [-0.15, -0.1) is 0 Å². The number of nitrogens with zero attached hydrogens (tertiary/aromatic N) is 3. The molecular formula is C62H62BN3. The molecule has 9 aromatic rings. The van der Waals surface area contributed by atoms with Crippen LogP contribution in [0.2, 0.25) is 0 Å². The first kappa shape index (κ1) is 40.3. The quantitative estimate of drug-likeness (QED) is 0.160. The molecule has 4 heterocycles. The molecule has 0 saturated heterocycles. The van der Waals surface area contributed by atoms with Crippen molar-refractivity contribution in [3.63, 3.8) is 0 Å². The molecule has 0 N–H and O–H groups in total. The maximum atomic E-state index is 2.77. The minimum absolute atomic E-state index is 0.0128. The van der Waals surface area contributed by atoms with Gasteiger partial charge in [-0.1, -0.05) is 155 Å². The molecule has 2 aliphatic heterocycles. The average Bonchev–Trinajstić information content (AvgIpc) is 3.81. The van der Waals surface area contributed by atoms with Gasteiger partial charge in [-0.05, 0) is 145 Å². The van der Waals surface area contributed by atoms with E-state index in [2.05, 4.69) is 218 Å².